The first-order chi connectivity index (χ1) is 15.5. The van der Waals surface area contributed by atoms with Gasteiger partial charge in [-0.15, -0.1) is 0 Å². The third-order valence-electron chi connectivity index (χ3n) is 5.38. The van der Waals surface area contributed by atoms with Crippen LogP contribution >= 0.6 is 0 Å². The van der Waals surface area contributed by atoms with E-state index in [1.165, 1.54) is 0 Å². The molecule has 7 heteroatoms. The Morgan fingerprint density at radius 2 is 1.85 bits per heavy atom. The molecule has 0 amide bonds. The maximum Gasteiger partial charge on any atom is 0.163 e. The third kappa shape index (κ3) is 6.47. The zero-order chi connectivity index (χ0) is 24.2. The second-order valence-corrected chi connectivity index (χ2v) is 9.97. The standard InChI is InChI=1S/C26H32BN3O3/c1-17-29-21-12-23(33-16-26(4,5)14-25(2,3)15-31)22(32-6)11-20(21)24(30-17)28-13-18-8-7-9-19(27)10-18/h7-12,15H,13-14,16H2,1-6H3,(H,28,29,30). The van der Waals surface area contributed by atoms with E-state index in [9.17, 15) is 4.79 Å². The number of fused-ring (bicyclic) bond motifs is 1. The second kappa shape index (κ2) is 9.81. The first-order valence-electron chi connectivity index (χ1n) is 11.1. The van der Waals surface area contributed by atoms with E-state index in [0.717, 1.165) is 34.0 Å². The van der Waals surface area contributed by atoms with Gasteiger partial charge in [0.15, 0.2) is 11.5 Å². The Labute approximate surface area is 197 Å². The molecule has 0 saturated carbocycles. The summed E-state index contributed by atoms with van der Waals surface area (Å²) in [5.41, 5.74) is 1.94. The smallest absolute Gasteiger partial charge is 0.163 e. The molecule has 0 saturated heterocycles. The highest BCUT2D eigenvalue weighted by atomic mass is 16.5. The molecule has 2 radical (unpaired) electrons. The number of methoxy groups -OCH3 is 1. The van der Waals surface area contributed by atoms with Crippen LogP contribution in [-0.4, -0.2) is 37.8 Å². The van der Waals surface area contributed by atoms with Gasteiger partial charge in [-0.2, -0.15) is 0 Å². The lowest BCUT2D eigenvalue weighted by Gasteiger charge is -2.31. The van der Waals surface area contributed by atoms with Crippen molar-refractivity contribution in [1.82, 2.24) is 9.97 Å². The molecule has 1 N–H and O–H groups in total. The molecule has 0 atom stereocenters. The largest absolute Gasteiger partial charge is 0.493 e. The van der Waals surface area contributed by atoms with Crippen LogP contribution < -0.4 is 20.3 Å². The Balaban J connectivity index is 1.87. The van der Waals surface area contributed by atoms with Crippen LogP contribution in [0.4, 0.5) is 5.82 Å². The van der Waals surface area contributed by atoms with E-state index in [-0.39, 0.29) is 5.41 Å². The summed E-state index contributed by atoms with van der Waals surface area (Å²) in [6.45, 7) is 11.0. The Morgan fingerprint density at radius 3 is 2.52 bits per heavy atom. The van der Waals surface area contributed by atoms with Gasteiger partial charge in [-0.3, -0.25) is 0 Å². The highest BCUT2D eigenvalue weighted by molar-refractivity contribution is 6.32. The normalized spacial score (nSPS) is 11.9. The van der Waals surface area contributed by atoms with Crippen LogP contribution in [0.3, 0.4) is 0 Å². The number of hydrogen-bond acceptors (Lipinski definition) is 6. The van der Waals surface area contributed by atoms with E-state index in [1.807, 2.05) is 57.2 Å². The van der Waals surface area contributed by atoms with Crippen LogP contribution in [0.25, 0.3) is 10.9 Å². The summed E-state index contributed by atoms with van der Waals surface area (Å²) >= 11 is 0. The van der Waals surface area contributed by atoms with Gasteiger partial charge in [0.1, 0.15) is 25.8 Å². The lowest BCUT2D eigenvalue weighted by Crippen LogP contribution is -2.29. The van der Waals surface area contributed by atoms with Crippen molar-refractivity contribution in [2.75, 3.05) is 19.0 Å². The van der Waals surface area contributed by atoms with E-state index in [4.69, 9.17) is 17.3 Å². The van der Waals surface area contributed by atoms with Crippen molar-refractivity contribution < 1.29 is 14.3 Å². The van der Waals surface area contributed by atoms with Gasteiger partial charge in [0.25, 0.3) is 0 Å². The molecule has 2 aromatic carbocycles. The topological polar surface area (TPSA) is 73.3 Å². The van der Waals surface area contributed by atoms with Crippen molar-refractivity contribution in [3.8, 4) is 11.5 Å². The van der Waals surface area contributed by atoms with Crippen LogP contribution in [0.5, 0.6) is 11.5 Å². The molecule has 0 aliphatic rings. The number of hydrogen-bond donors (Lipinski definition) is 1. The van der Waals surface area contributed by atoms with Gasteiger partial charge < -0.3 is 19.6 Å². The average molecular weight is 445 g/mol. The van der Waals surface area contributed by atoms with Gasteiger partial charge in [0, 0.05) is 23.4 Å². The number of anilines is 1. The number of aromatic nitrogens is 2. The Morgan fingerprint density at radius 1 is 1.09 bits per heavy atom. The molecule has 33 heavy (non-hydrogen) atoms. The SMILES string of the molecule is [B]c1cccc(CNc2nc(C)nc3cc(OCC(C)(C)CC(C)(C)C=O)c(OC)cc23)c1. The minimum absolute atomic E-state index is 0.198. The second-order valence-electron chi connectivity index (χ2n) is 9.97. The van der Waals surface area contributed by atoms with Crippen LogP contribution in [0, 0.1) is 17.8 Å². The predicted molar refractivity (Wildman–Crippen MR) is 134 cm³/mol. The third-order valence-corrected chi connectivity index (χ3v) is 5.38. The molecule has 1 heterocycles. The molecule has 0 aliphatic carbocycles. The molecular formula is C26H32BN3O3. The highest BCUT2D eigenvalue weighted by Gasteiger charge is 2.29. The number of nitrogens with one attached hydrogen (secondary N) is 1. The van der Waals surface area contributed by atoms with E-state index < -0.39 is 5.41 Å². The van der Waals surface area contributed by atoms with Crippen molar-refractivity contribution in [3.05, 3.63) is 47.8 Å². The molecule has 6 nitrogen and oxygen atoms in total. The van der Waals surface area contributed by atoms with Crippen molar-refractivity contribution in [1.29, 1.82) is 0 Å². The molecule has 0 bridgehead atoms. The van der Waals surface area contributed by atoms with Crippen LogP contribution in [0.1, 0.15) is 45.5 Å². The molecule has 3 aromatic rings. The lowest BCUT2D eigenvalue weighted by atomic mass is 9.76. The fourth-order valence-corrected chi connectivity index (χ4v) is 4.15. The van der Waals surface area contributed by atoms with Crippen LogP contribution in [-0.2, 0) is 11.3 Å². The summed E-state index contributed by atoms with van der Waals surface area (Å²) < 4.78 is 11.8. The number of ether oxygens (including phenoxy) is 2. The molecule has 172 valence electrons. The predicted octanol–water partition coefficient (Wildman–Crippen LogP) is 4.37. The number of nitrogens with zero attached hydrogens (tertiary/aromatic N) is 2. The van der Waals surface area contributed by atoms with E-state index >= 15 is 0 Å². The first kappa shape index (κ1) is 24.6. The van der Waals surface area contributed by atoms with Crippen molar-refractivity contribution in [2.24, 2.45) is 10.8 Å². The fourth-order valence-electron chi connectivity index (χ4n) is 4.15. The summed E-state index contributed by atoms with van der Waals surface area (Å²) in [6, 6.07) is 11.5. The Kier molecular flexibility index (Phi) is 7.30. The fraction of sp³-hybridized carbons (Fsp3) is 0.423. The number of benzene rings is 2. The van der Waals surface area contributed by atoms with E-state index in [1.54, 1.807) is 7.11 Å². The minimum atomic E-state index is -0.408. The molecule has 0 unspecified atom stereocenters. The molecular weight excluding hydrogens is 413 g/mol. The van der Waals surface area contributed by atoms with Gasteiger partial charge in [-0.1, -0.05) is 57.4 Å². The molecule has 1 aromatic heterocycles. The van der Waals surface area contributed by atoms with Gasteiger partial charge in [0.05, 0.1) is 19.2 Å². The number of carbonyl (C=O) groups excluding carboxylic acids is 1. The summed E-state index contributed by atoms with van der Waals surface area (Å²) in [5, 5.41) is 4.24. The minimum Gasteiger partial charge on any atom is -0.493 e. The number of carbonyl (C=O) groups is 1. The van der Waals surface area contributed by atoms with Crippen LogP contribution in [0.15, 0.2) is 36.4 Å². The summed E-state index contributed by atoms with van der Waals surface area (Å²) in [7, 11) is 7.51. The average Bonchev–Trinajstić information content (AvgIpc) is 2.74. The maximum atomic E-state index is 11.4. The molecule has 0 spiro atoms. The van der Waals surface area contributed by atoms with Crippen molar-refractivity contribution in [3.63, 3.8) is 0 Å². The van der Waals surface area contributed by atoms with Gasteiger partial charge >= 0.3 is 0 Å². The summed E-state index contributed by atoms with van der Waals surface area (Å²) in [5.74, 6) is 2.59. The van der Waals surface area contributed by atoms with Gasteiger partial charge in [0.2, 0.25) is 0 Å². The maximum absolute atomic E-state index is 11.4. The van der Waals surface area contributed by atoms with Gasteiger partial charge in [-0.25, -0.2) is 9.97 Å². The summed E-state index contributed by atoms with van der Waals surface area (Å²) in [6.07, 6.45) is 1.71. The number of rotatable bonds is 10. The Bertz CT molecular complexity index is 1150. The zero-order valence-corrected chi connectivity index (χ0v) is 20.4. The summed E-state index contributed by atoms with van der Waals surface area (Å²) in [4.78, 5) is 20.6. The Hall–Kier alpha value is -3.09. The van der Waals surface area contributed by atoms with Crippen LogP contribution in [0.2, 0.25) is 0 Å². The zero-order valence-electron chi connectivity index (χ0n) is 20.4. The van der Waals surface area contributed by atoms with E-state index in [0.29, 0.717) is 36.9 Å². The lowest BCUT2D eigenvalue weighted by molar-refractivity contribution is -0.116. The van der Waals surface area contributed by atoms with Crippen molar-refractivity contribution >= 4 is 36.3 Å². The molecule has 0 fully saturated rings. The highest BCUT2D eigenvalue weighted by Crippen LogP contribution is 2.37. The molecule has 0 aliphatic heterocycles. The van der Waals surface area contributed by atoms with E-state index in [2.05, 4.69) is 29.1 Å². The quantitative estimate of drug-likeness (QED) is 0.369. The molecule has 3 rings (SSSR count). The number of aldehydes is 1. The number of aryl methyl sites for hydroxylation is 1. The van der Waals surface area contributed by atoms with Crippen molar-refractivity contribution in [2.45, 2.75) is 47.6 Å². The first-order valence-corrected chi connectivity index (χ1v) is 11.1. The monoisotopic (exact) mass is 445 g/mol. The van der Waals surface area contributed by atoms with Gasteiger partial charge in [-0.05, 0) is 30.4 Å².